The molecule has 4 nitrogen and oxygen atoms in total. The van der Waals surface area contributed by atoms with Gasteiger partial charge in [0.2, 0.25) is 0 Å². The lowest BCUT2D eigenvalue weighted by molar-refractivity contribution is 0.414. The van der Waals surface area contributed by atoms with E-state index >= 15 is 0 Å². The minimum absolute atomic E-state index is 0.536. The molecular formula is C16H18N2O2S. The Morgan fingerprint density at radius 3 is 2.10 bits per heavy atom. The van der Waals surface area contributed by atoms with Gasteiger partial charge in [0.15, 0.2) is 5.11 Å². The Morgan fingerprint density at radius 1 is 0.905 bits per heavy atom. The molecule has 0 heterocycles. The number of nitrogens with one attached hydrogen (secondary N) is 2. The second kappa shape index (κ2) is 6.95. The first-order chi connectivity index (χ1) is 10.1. The lowest BCUT2D eigenvalue weighted by Gasteiger charge is -2.13. The molecule has 0 aliphatic rings. The Hall–Kier alpha value is -2.27. The van der Waals surface area contributed by atoms with Crippen LogP contribution >= 0.6 is 12.2 Å². The van der Waals surface area contributed by atoms with Gasteiger partial charge in [-0.3, -0.25) is 0 Å². The van der Waals surface area contributed by atoms with Crippen LogP contribution in [0.5, 0.6) is 11.5 Å². The molecule has 0 saturated carbocycles. The van der Waals surface area contributed by atoms with Crippen LogP contribution in [0.15, 0.2) is 42.5 Å². The van der Waals surface area contributed by atoms with Crippen molar-refractivity contribution in [2.45, 2.75) is 6.92 Å². The van der Waals surface area contributed by atoms with Gasteiger partial charge < -0.3 is 20.1 Å². The topological polar surface area (TPSA) is 42.5 Å². The molecule has 2 aromatic carbocycles. The molecule has 21 heavy (non-hydrogen) atoms. The highest BCUT2D eigenvalue weighted by Gasteiger charge is 2.03. The minimum atomic E-state index is 0.536. The van der Waals surface area contributed by atoms with Crippen LogP contribution in [0.2, 0.25) is 0 Å². The number of benzene rings is 2. The van der Waals surface area contributed by atoms with Crippen molar-refractivity contribution < 1.29 is 9.47 Å². The molecule has 0 fully saturated rings. The Morgan fingerprint density at radius 2 is 1.52 bits per heavy atom. The van der Waals surface area contributed by atoms with Crippen molar-refractivity contribution in [1.29, 1.82) is 0 Å². The molecule has 0 atom stereocenters. The molecule has 0 amide bonds. The molecule has 0 spiro atoms. The van der Waals surface area contributed by atoms with Crippen LogP contribution < -0.4 is 20.1 Å². The van der Waals surface area contributed by atoms with Gasteiger partial charge in [0.1, 0.15) is 11.5 Å². The number of anilines is 2. The van der Waals surface area contributed by atoms with Gasteiger partial charge in [-0.05, 0) is 67.2 Å². The smallest absolute Gasteiger partial charge is 0.175 e. The Balaban J connectivity index is 2.00. The number of methoxy groups -OCH3 is 2. The lowest BCUT2D eigenvalue weighted by Crippen LogP contribution is -2.19. The molecule has 0 aromatic heterocycles. The van der Waals surface area contributed by atoms with E-state index in [0.29, 0.717) is 5.11 Å². The number of rotatable bonds is 4. The summed E-state index contributed by atoms with van der Waals surface area (Å²) in [6.45, 7) is 2.00. The first-order valence-electron chi connectivity index (χ1n) is 6.49. The van der Waals surface area contributed by atoms with Crippen molar-refractivity contribution >= 4 is 28.7 Å². The van der Waals surface area contributed by atoms with Gasteiger partial charge in [-0.2, -0.15) is 0 Å². The fraction of sp³-hybridized carbons (Fsp3) is 0.188. The van der Waals surface area contributed by atoms with Crippen molar-refractivity contribution in [3.8, 4) is 11.5 Å². The Bertz CT molecular complexity index is 627. The van der Waals surface area contributed by atoms with E-state index in [2.05, 4.69) is 10.6 Å². The molecule has 2 N–H and O–H groups in total. The van der Waals surface area contributed by atoms with E-state index in [4.69, 9.17) is 21.7 Å². The summed E-state index contributed by atoms with van der Waals surface area (Å²) in [5.74, 6) is 1.64. The van der Waals surface area contributed by atoms with Crippen molar-refractivity contribution in [3.05, 3.63) is 48.0 Å². The number of ether oxygens (including phenoxy) is 2. The summed E-state index contributed by atoms with van der Waals surface area (Å²) in [4.78, 5) is 0. The highest BCUT2D eigenvalue weighted by Crippen LogP contribution is 2.21. The summed E-state index contributed by atoms with van der Waals surface area (Å²) >= 11 is 5.32. The van der Waals surface area contributed by atoms with Gasteiger partial charge in [0, 0.05) is 11.4 Å². The molecule has 5 heteroatoms. The van der Waals surface area contributed by atoms with Gasteiger partial charge in [-0.1, -0.05) is 0 Å². The first-order valence-corrected chi connectivity index (χ1v) is 6.90. The predicted molar refractivity (Wildman–Crippen MR) is 90.6 cm³/mol. The Labute approximate surface area is 130 Å². The second-order valence-corrected chi connectivity index (χ2v) is 4.90. The third kappa shape index (κ3) is 4.10. The monoisotopic (exact) mass is 302 g/mol. The maximum atomic E-state index is 5.32. The van der Waals surface area contributed by atoms with Crippen LogP contribution in [0.4, 0.5) is 11.4 Å². The largest absolute Gasteiger partial charge is 0.497 e. The van der Waals surface area contributed by atoms with Crippen LogP contribution in [-0.2, 0) is 0 Å². The summed E-state index contributed by atoms with van der Waals surface area (Å²) in [7, 11) is 3.29. The van der Waals surface area contributed by atoms with Gasteiger partial charge in [-0.15, -0.1) is 0 Å². The number of hydrogen-bond acceptors (Lipinski definition) is 3. The quantitative estimate of drug-likeness (QED) is 0.840. The van der Waals surface area contributed by atoms with Crippen LogP contribution in [0.3, 0.4) is 0 Å². The molecule has 0 saturated heterocycles. The average Bonchev–Trinajstić information content (AvgIpc) is 2.50. The SMILES string of the molecule is COc1ccc(NC(=S)Nc2ccc(OC)cc2C)cc1. The molecule has 2 rings (SSSR count). The highest BCUT2D eigenvalue weighted by atomic mass is 32.1. The van der Waals surface area contributed by atoms with E-state index in [1.165, 1.54) is 0 Å². The zero-order valence-corrected chi connectivity index (χ0v) is 13.1. The molecule has 2 aromatic rings. The van der Waals surface area contributed by atoms with Crippen LogP contribution in [0.1, 0.15) is 5.56 Å². The zero-order chi connectivity index (χ0) is 15.2. The standard InChI is InChI=1S/C16H18N2O2S/c1-11-10-14(20-3)8-9-15(11)18-16(21)17-12-4-6-13(19-2)7-5-12/h4-10H,1-3H3,(H2,17,18,21). The van der Waals surface area contributed by atoms with Crippen molar-refractivity contribution in [2.75, 3.05) is 24.9 Å². The van der Waals surface area contributed by atoms with E-state index in [9.17, 15) is 0 Å². The molecule has 0 bridgehead atoms. The van der Waals surface area contributed by atoms with E-state index in [1.54, 1.807) is 14.2 Å². The van der Waals surface area contributed by atoms with Crippen LogP contribution in [0, 0.1) is 6.92 Å². The molecule has 110 valence electrons. The fourth-order valence-corrected chi connectivity index (χ4v) is 2.09. The summed E-state index contributed by atoms with van der Waals surface area (Å²) in [6, 6.07) is 13.4. The van der Waals surface area contributed by atoms with Crippen LogP contribution in [0.25, 0.3) is 0 Å². The Kier molecular flexibility index (Phi) is 5.00. The van der Waals surface area contributed by atoms with Gasteiger partial charge in [-0.25, -0.2) is 0 Å². The van der Waals surface area contributed by atoms with Crippen molar-refractivity contribution in [2.24, 2.45) is 0 Å². The molecule has 0 radical (unpaired) electrons. The fourth-order valence-electron chi connectivity index (χ4n) is 1.86. The molecule has 0 unspecified atom stereocenters. The maximum Gasteiger partial charge on any atom is 0.175 e. The summed E-state index contributed by atoms with van der Waals surface area (Å²) in [5, 5.41) is 6.84. The normalized spacial score (nSPS) is 9.86. The minimum Gasteiger partial charge on any atom is -0.497 e. The second-order valence-electron chi connectivity index (χ2n) is 4.49. The summed E-state index contributed by atoms with van der Waals surface area (Å²) in [6.07, 6.45) is 0. The van der Waals surface area contributed by atoms with E-state index < -0.39 is 0 Å². The highest BCUT2D eigenvalue weighted by molar-refractivity contribution is 7.80. The molecular weight excluding hydrogens is 284 g/mol. The lowest BCUT2D eigenvalue weighted by atomic mass is 10.2. The van der Waals surface area contributed by atoms with Crippen molar-refractivity contribution in [3.63, 3.8) is 0 Å². The number of hydrogen-bond donors (Lipinski definition) is 2. The van der Waals surface area contributed by atoms with E-state index in [1.807, 2.05) is 49.4 Å². The van der Waals surface area contributed by atoms with Gasteiger partial charge >= 0.3 is 0 Å². The van der Waals surface area contributed by atoms with E-state index in [0.717, 1.165) is 28.4 Å². The summed E-state index contributed by atoms with van der Waals surface area (Å²) < 4.78 is 10.3. The van der Waals surface area contributed by atoms with Crippen molar-refractivity contribution in [1.82, 2.24) is 0 Å². The molecule has 0 aliphatic heterocycles. The summed E-state index contributed by atoms with van der Waals surface area (Å²) in [5.41, 5.74) is 2.91. The maximum absolute atomic E-state index is 5.32. The number of aryl methyl sites for hydroxylation is 1. The third-order valence-electron chi connectivity index (χ3n) is 3.03. The van der Waals surface area contributed by atoms with Gasteiger partial charge in [0.25, 0.3) is 0 Å². The first kappa shape index (κ1) is 15.1. The predicted octanol–water partition coefficient (Wildman–Crippen LogP) is 3.82. The van der Waals surface area contributed by atoms with Crippen LogP contribution in [-0.4, -0.2) is 19.3 Å². The molecule has 0 aliphatic carbocycles. The number of thiocarbonyl (C=S) groups is 1. The van der Waals surface area contributed by atoms with E-state index in [-0.39, 0.29) is 0 Å². The average molecular weight is 302 g/mol. The third-order valence-corrected chi connectivity index (χ3v) is 3.23. The van der Waals surface area contributed by atoms with Gasteiger partial charge in [0.05, 0.1) is 14.2 Å². The zero-order valence-electron chi connectivity index (χ0n) is 12.3.